The Labute approximate surface area is 164 Å². The molecule has 7 nitrogen and oxygen atoms in total. The van der Waals surface area contributed by atoms with Crippen molar-refractivity contribution in [2.45, 2.75) is 44.2 Å². The van der Waals surface area contributed by atoms with E-state index in [-0.39, 0.29) is 23.8 Å². The first kappa shape index (κ1) is 18.7. The maximum atomic E-state index is 13.2. The molecule has 0 radical (unpaired) electrons. The number of rotatable bonds is 6. The van der Waals surface area contributed by atoms with Crippen LogP contribution in [0.4, 0.5) is 5.69 Å². The Balaban J connectivity index is 1.43. The van der Waals surface area contributed by atoms with Crippen molar-refractivity contribution in [2.24, 2.45) is 5.92 Å². The van der Waals surface area contributed by atoms with E-state index in [4.69, 9.17) is 0 Å². The van der Waals surface area contributed by atoms with Gasteiger partial charge >= 0.3 is 0 Å². The topological polar surface area (TPSA) is 88.1 Å². The van der Waals surface area contributed by atoms with Crippen molar-refractivity contribution < 1.29 is 9.59 Å². The molecule has 148 valence electrons. The highest BCUT2D eigenvalue weighted by molar-refractivity contribution is 5.94. The number of amides is 2. The normalized spacial score (nSPS) is 19.6. The number of anilines is 1. The van der Waals surface area contributed by atoms with Gasteiger partial charge in [0.1, 0.15) is 5.54 Å². The Hall–Kier alpha value is -2.67. The van der Waals surface area contributed by atoms with Crippen molar-refractivity contribution in [3.63, 3.8) is 0 Å². The third-order valence-corrected chi connectivity index (χ3v) is 5.77. The summed E-state index contributed by atoms with van der Waals surface area (Å²) < 4.78 is 1.80. The maximum Gasteiger partial charge on any atom is 0.248 e. The van der Waals surface area contributed by atoms with Gasteiger partial charge < -0.3 is 16.0 Å². The molecule has 28 heavy (non-hydrogen) atoms. The molecule has 1 unspecified atom stereocenters. The van der Waals surface area contributed by atoms with Crippen LogP contribution in [-0.4, -0.2) is 34.7 Å². The van der Waals surface area contributed by atoms with E-state index in [0.717, 1.165) is 37.2 Å². The van der Waals surface area contributed by atoms with Crippen molar-refractivity contribution in [3.8, 4) is 0 Å². The molecule has 1 saturated carbocycles. The average Bonchev–Trinajstić information content (AvgIpc) is 3.43. The Morgan fingerprint density at radius 3 is 2.54 bits per heavy atom. The number of benzene rings is 1. The Bertz CT molecular complexity index is 821. The second kappa shape index (κ2) is 7.75. The minimum Gasteiger partial charge on any atom is -0.347 e. The number of aromatic nitrogens is 2. The van der Waals surface area contributed by atoms with Crippen molar-refractivity contribution in [1.82, 2.24) is 20.4 Å². The van der Waals surface area contributed by atoms with Crippen LogP contribution in [0.25, 0.3) is 0 Å². The summed E-state index contributed by atoms with van der Waals surface area (Å²) in [6.45, 7) is 3.56. The molecule has 1 aromatic carbocycles. The number of hydrogen-bond donors (Lipinski definition) is 3. The lowest BCUT2D eigenvalue weighted by Crippen LogP contribution is -2.55. The zero-order valence-electron chi connectivity index (χ0n) is 16.1. The fraction of sp³-hybridized carbons (Fsp3) is 0.476. The predicted octanol–water partition coefficient (Wildman–Crippen LogP) is 2.19. The monoisotopic (exact) mass is 381 g/mol. The first-order chi connectivity index (χ1) is 13.6. The highest BCUT2D eigenvalue weighted by Gasteiger charge is 2.42. The lowest BCUT2D eigenvalue weighted by molar-refractivity contribution is -0.132. The number of carbonyl (C=O) groups excluding carboxylic acids is 2. The molecular formula is C21H27N5O2. The summed E-state index contributed by atoms with van der Waals surface area (Å²) in [5.41, 5.74) is 1.15. The van der Waals surface area contributed by atoms with E-state index in [2.05, 4.69) is 21.0 Å². The molecule has 7 heteroatoms. The molecule has 1 aliphatic heterocycles. The van der Waals surface area contributed by atoms with Gasteiger partial charge in [-0.3, -0.25) is 14.3 Å². The van der Waals surface area contributed by atoms with Gasteiger partial charge in [-0.05, 0) is 69.5 Å². The molecule has 1 aliphatic carbocycles. The number of piperidine rings is 1. The van der Waals surface area contributed by atoms with E-state index in [9.17, 15) is 9.59 Å². The van der Waals surface area contributed by atoms with Crippen molar-refractivity contribution in [2.75, 3.05) is 18.4 Å². The first-order valence-corrected chi connectivity index (χ1v) is 10.0. The van der Waals surface area contributed by atoms with Crippen LogP contribution in [0.15, 0.2) is 42.7 Å². The average molecular weight is 381 g/mol. The zero-order valence-corrected chi connectivity index (χ0v) is 16.1. The van der Waals surface area contributed by atoms with Crippen LogP contribution in [0.3, 0.4) is 0 Å². The third-order valence-electron chi connectivity index (χ3n) is 5.77. The number of carbonyl (C=O) groups is 2. The number of nitrogens with zero attached hydrogens (tertiary/aromatic N) is 2. The molecule has 2 aliphatic rings. The fourth-order valence-corrected chi connectivity index (χ4v) is 3.78. The van der Waals surface area contributed by atoms with Crippen LogP contribution in [0.1, 0.15) is 44.2 Å². The molecule has 2 amide bonds. The van der Waals surface area contributed by atoms with Gasteiger partial charge in [0.05, 0.1) is 6.04 Å². The quantitative estimate of drug-likeness (QED) is 0.716. The minimum atomic E-state index is -0.652. The third kappa shape index (κ3) is 3.80. The fourth-order valence-electron chi connectivity index (χ4n) is 3.78. The summed E-state index contributed by atoms with van der Waals surface area (Å²) in [6, 6.07) is 9.42. The van der Waals surface area contributed by atoms with Crippen molar-refractivity contribution >= 4 is 17.5 Å². The van der Waals surface area contributed by atoms with Crippen molar-refractivity contribution in [1.29, 1.82) is 0 Å². The second-order valence-corrected chi connectivity index (χ2v) is 7.81. The van der Waals surface area contributed by atoms with Crippen LogP contribution in [0, 0.1) is 5.92 Å². The van der Waals surface area contributed by atoms with Gasteiger partial charge in [-0.25, -0.2) is 0 Å². The van der Waals surface area contributed by atoms with Crippen LogP contribution in [0.2, 0.25) is 0 Å². The van der Waals surface area contributed by atoms with Gasteiger partial charge in [-0.15, -0.1) is 0 Å². The second-order valence-electron chi connectivity index (χ2n) is 7.81. The highest BCUT2D eigenvalue weighted by Crippen LogP contribution is 2.31. The lowest BCUT2D eigenvalue weighted by atomic mass is 9.87. The molecule has 0 spiro atoms. The molecule has 3 N–H and O–H groups in total. The predicted molar refractivity (Wildman–Crippen MR) is 107 cm³/mol. The SMILES string of the molecule is CC(NC(=O)C1(n2cccn2)CCNCC1)c1ccc(NC(=O)C2CC2)cc1. The molecule has 1 saturated heterocycles. The molecule has 2 fully saturated rings. The Morgan fingerprint density at radius 2 is 1.93 bits per heavy atom. The van der Waals surface area contributed by atoms with Crippen LogP contribution >= 0.6 is 0 Å². The van der Waals surface area contributed by atoms with Crippen LogP contribution in [0.5, 0.6) is 0 Å². The lowest BCUT2D eigenvalue weighted by Gasteiger charge is -2.37. The van der Waals surface area contributed by atoms with E-state index in [1.54, 1.807) is 10.9 Å². The van der Waals surface area contributed by atoms with Crippen LogP contribution < -0.4 is 16.0 Å². The summed E-state index contributed by atoms with van der Waals surface area (Å²) >= 11 is 0. The molecule has 1 atom stereocenters. The van der Waals surface area contributed by atoms with Gasteiger partial charge in [0.15, 0.2) is 0 Å². The molecule has 2 heterocycles. The van der Waals surface area contributed by atoms with E-state index in [1.165, 1.54) is 0 Å². The van der Waals surface area contributed by atoms with Gasteiger partial charge in [0.2, 0.25) is 11.8 Å². The molecule has 2 aromatic rings. The van der Waals surface area contributed by atoms with Gasteiger partial charge in [-0.2, -0.15) is 5.10 Å². The number of nitrogens with one attached hydrogen (secondary N) is 3. The van der Waals surface area contributed by atoms with Gasteiger partial charge in [0, 0.05) is 24.0 Å². The van der Waals surface area contributed by atoms with Gasteiger partial charge in [-0.1, -0.05) is 12.1 Å². The number of hydrogen-bond acceptors (Lipinski definition) is 4. The molecule has 0 bridgehead atoms. The van der Waals surface area contributed by atoms with E-state index >= 15 is 0 Å². The summed E-state index contributed by atoms with van der Waals surface area (Å²) in [4.78, 5) is 25.1. The van der Waals surface area contributed by atoms with E-state index in [1.807, 2.05) is 43.5 Å². The summed E-state index contributed by atoms with van der Waals surface area (Å²) in [6.07, 6.45) is 6.97. The van der Waals surface area contributed by atoms with Gasteiger partial charge in [0.25, 0.3) is 0 Å². The summed E-state index contributed by atoms with van der Waals surface area (Å²) in [5.74, 6) is 0.277. The largest absolute Gasteiger partial charge is 0.347 e. The summed E-state index contributed by atoms with van der Waals surface area (Å²) in [5, 5.41) is 13.8. The Morgan fingerprint density at radius 1 is 1.21 bits per heavy atom. The maximum absolute atomic E-state index is 13.2. The minimum absolute atomic E-state index is 0.00341. The zero-order chi connectivity index (χ0) is 19.6. The van der Waals surface area contributed by atoms with E-state index < -0.39 is 5.54 Å². The molecule has 4 rings (SSSR count). The summed E-state index contributed by atoms with van der Waals surface area (Å²) in [7, 11) is 0. The smallest absolute Gasteiger partial charge is 0.248 e. The van der Waals surface area contributed by atoms with Crippen molar-refractivity contribution in [3.05, 3.63) is 48.3 Å². The molecule has 1 aromatic heterocycles. The first-order valence-electron chi connectivity index (χ1n) is 10.0. The van der Waals surface area contributed by atoms with E-state index in [0.29, 0.717) is 12.8 Å². The highest BCUT2D eigenvalue weighted by atomic mass is 16.2. The molecular weight excluding hydrogens is 354 g/mol. The standard InChI is InChI=1S/C21H27N5O2/c1-15(16-5-7-18(8-6-16)25-19(27)17-3-4-17)24-20(28)21(9-12-22-13-10-21)26-14-2-11-23-26/h2,5-8,11,14-15,17,22H,3-4,9-10,12-13H2,1H3,(H,24,28)(H,25,27). The van der Waals surface area contributed by atoms with Crippen LogP contribution in [-0.2, 0) is 15.1 Å². The Kier molecular flexibility index (Phi) is 5.17.